The van der Waals surface area contributed by atoms with Gasteiger partial charge in [0, 0.05) is 0 Å². The highest BCUT2D eigenvalue weighted by Gasteiger charge is 2.03. The molecule has 0 saturated carbocycles. The number of aromatic nitrogens is 1. The minimum Gasteiger partial charge on any atom is -0.480 e. The molecule has 6 nitrogen and oxygen atoms in total. The molecule has 0 unspecified atom stereocenters. The highest BCUT2D eigenvalue weighted by Crippen LogP contribution is 2.19. The largest absolute Gasteiger partial charge is 0.480 e. The number of nitrogens with one attached hydrogen (secondary N) is 1. The van der Waals surface area contributed by atoms with Crippen LogP contribution in [0.1, 0.15) is 0 Å². The van der Waals surface area contributed by atoms with Gasteiger partial charge in [-0.2, -0.15) is 4.98 Å². The smallest absolute Gasteiger partial charge is 0.322 e. The number of aliphatic carboxylic acids is 1. The molecule has 1 rings (SSSR count). The molecule has 4 N–H and O–H groups in total. The molecule has 0 fully saturated rings. The van der Waals surface area contributed by atoms with Crippen LogP contribution in [0.5, 0.6) is 5.88 Å². The Morgan fingerprint density at radius 3 is 3.00 bits per heavy atom. The zero-order chi connectivity index (χ0) is 10.6. The van der Waals surface area contributed by atoms with Gasteiger partial charge in [-0.15, -0.1) is 0 Å². The minimum absolute atomic E-state index is 0.194. The number of rotatable bonds is 4. The zero-order valence-corrected chi connectivity index (χ0v) is 7.65. The van der Waals surface area contributed by atoms with Crippen molar-refractivity contribution < 1.29 is 14.6 Å². The fourth-order valence-corrected chi connectivity index (χ4v) is 0.879. The molecule has 0 aromatic carbocycles. The lowest BCUT2D eigenvalue weighted by Crippen LogP contribution is -2.13. The number of hydrogen-bond donors (Lipinski definition) is 3. The zero-order valence-electron chi connectivity index (χ0n) is 7.65. The fraction of sp³-hybridized carbons (Fsp3) is 0.250. The van der Waals surface area contributed by atoms with Crippen molar-refractivity contribution in [3.8, 4) is 5.88 Å². The van der Waals surface area contributed by atoms with Crippen LogP contribution in [0.4, 0.5) is 11.5 Å². The monoisotopic (exact) mass is 197 g/mol. The number of hydrogen-bond acceptors (Lipinski definition) is 5. The quantitative estimate of drug-likeness (QED) is 0.636. The van der Waals surface area contributed by atoms with E-state index in [1.165, 1.54) is 7.11 Å². The first kappa shape index (κ1) is 10.1. The standard InChI is InChI=1S/C8H11N3O3/c1-14-8-5(9)2-3-6(11-8)10-4-7(12)13/h2-3H,4,9H2,1H3,(H,10,11)(H,12,13). The summed E-state index contributed by atoms with van der Waals surface area (Å²) in [5.41, 5.74) is 5.93. The van der Waals surface area contributed by atoms with Gasteiger partial charge in [0.25, 0.3) is 0 Å². The van der Waals surface area contributed by atoms with Crippen LogP contribution in [0, 0.1) is 0 Å². The molecule has 1 aromatic heterocycles. The van der Waals surface area contributed by atoms with Gasteiger partial charge in [-0.3, -0.25) is 4.79 Å². The summed E-state index contributed by atoms with van der Waals surface area (Å²) in [6.07, 6.45) is 0. The lowest BCUT2D eigenvalue weighted by Gasteiger charge is -2.06. The molecule has 0 atom stereocenters. The topological polar surface area (TPSA) is 97.5 Å². The summed E-state index contributed by atoms with van der Waals surface area (Å²) in [6, 6.07) is 3.18. The number of methoxy groups -OCH3 is 1. The highest BCUT2D eigenvalue weighted by molar-refractivity contribution is 5.72. The highest BCUT2D eigenvalue weighted by atomic mass is 16.5. The SMILES string of the molecule is COc1nc(NCC(=O)O)ccc1N. The van der Waals surface area contributed by atoms with Crippen molar-refractivity contribution >= 4 is 17.5 Å². The summed E-state index contributed by atoms with van der Waals surface area (Å²) in [7, 11) is 1.44. The Labute approximate surface area is 80.7 Å². The van der Waals surface area contributed by atoms with Crippen molar-refractivity contribution in [2.75, 3.05) is 24.7 Å². The van der Waals surface area contributed by atoms with Crippen molar-refractivity contribution in [2.45, 2.75) is 0 Å². The first-order chi connectivity index (χ1) is 6.63. The summed E-state index contributed by atoms with van der Waals surface area (Å²) in [5.74, 6) is -0.263. The molecule has 14 heavy (non-hydrogen) atoms. The number of nitrogen functional groups attached to an aromatic ring is 1. The van der Waals surface area contributed by atoms with E-state index < -0.39 is 5.97 Å². The van der Waals surface area contributed by atoms with Crippen LogP contribution in [0.3, 0.4) is 0 Å². The van der Waals surface area contributed by atoms with Crippen LogP contribution in [0.15, 0.2) is 12.1 Å². The fourth-order valence-electron chi connectivity index (χ4n) is 0.879. The van der Waals surface area contributed by atoms with Gasteiger partial charge in [-0.25, -0.2) is 0 Å². The van der Waals surface area contributed by atoms with Crippen molar-refractivity contribution in [1.29, 1.82) is 0 Å². The van der Waals surface area contributed by atoms with E-state index in [-0.39, 0.29) is 12.4 Å². The molecule has 6 heteroatoms. The molecule has 1 heterocycles. The Hall–Kier alpha value is -1.98. The molecule has 0 bridgehead atoms. The maximum atomic E-state index is 10.2. The van der Waals surface area contributed by atoms with E-state index in [2.05, 4.69) is 10.3 Å². The second-order valence-corrected chi connectivity index (χ2v) is 2.54. The van der Waals surface area contributed by atoms with Crippen LogP contribution < -0.4 is 15.8 Å². The molecular formula is C8H11N3O3. The molecule has 0 aliphatic rings. The van der Waals surface area contributed by atoms with Gasteiger partial charge in [0.05, 0.1) is 12.8 Å². The van der Waals surface area contributed by atoms with Crippen molar-refractivity contribution in [1.82, 2.24) is 4.98 Å². The Morgan fingerprint density at radius 2 is 2.43 bits per heavy atom. The minimum atomic E-state index is -0.956. The molecule has 0 saturated heterocycles. The number of nitrogens with zero attached hydrogens (tertiary/aromatic N) is 1. The molecule has 0 aliphatic carbocycles. The van der Waals surface area contributed by atoms with Crippen molar-refractivity contribution in [3.63, 3.8) is 0 Å². The van der Waals surface area contributed by atoms with Gasteiger partial charge in [0.15, 0.2) is 0 Å². The van der Waals surface area contributed by atoms with Crippen molar-refractivity contribution in [3.05, 3.63) is 12.1 Å². The van der Waals surface area contributed by atoms with E-state index in [0.29, 0.717) is 11.5 Å². The van der Waals surface area contributed by atoms with E-state index in [9.17, 15) is 4.79 Å². The van der Waals surface area contributed by atoms with Crippen molar-refractivity contribution in [2.24, 2.45) is 0 Å². The van der Waals surface area contributed by atoms with Crippen LogP contribution in [-0.2, 0) is 4.79 Å². The number of anilines is 2. The Morgan fingerprint density at radius 1 is 1.71 bits per heavy atom. The van der Waals surface area contributed by atoms with E-state index in [1.54, 1.807) is 12.1 Å². The summed E-state index contributed by atoms with van der Waals surface area (Å²) in [5, 5.41) is 11.0. The summed E-state index contributed by atoms with van der Waals surface area (Å²) >= 11 is 0. The normalized spacial score (nSPS) is 9.50. The van der Waals surface area contributed by atoms with Crippen LogP contribution in [0.2, 0.25) is 0 Å². The predicted molar refractivity (Wildman–Crippen MR) is 51.3 cm³/mol. The Kier molecular flexibility index (Phi) is 3.11. The third kappa shape index (κ3) is 2.51. The Balaban J connectivity index is 2.74. The summed E-state index contributed by atoms with van der Waals surface area (Å²) in [6.45, 7) is -0.194. The third-order valence-electron chi connectivity index (χ3n) is 1.50. The summed E-state index contributed by atoms with van der Waals surface area (Å²) < 4.78 is 4.87. The number of nitrogens with two attached hydrogens (primary N) is 1. The van der Waals surface area contributed by atoms with Crippen LogP contribution in [0.25, 0.3) is 0 Å². The Bertz CT molecular complexity index is 341. The lowest BCUT2D eigenvalue weighted by atomic mass is 10.4. The number of pyridine rings is 1. The van der Waals surface area contributed by atoms with Crippen LogP contribution >= 0.6 is 0 Å². The number of carboxylic acid groups (broad SMARTS) is 1. The van der Waals surface area contributed by atoms with Gasteiger partial charge in [0.2, 0.25) is 5.88 Å². The lowest BCUT2D eigenvalue weighted by molar-refractivity contribution is -0.134. The maximum Gasteiger partial charge on any atom is 0.322 e. The number of ether oxygens (including phenoxy) is 1. The molecule has 1 aromatic rings. The van der Waals surface area contributed by atoms with Gasteiger partial charge in [-0.05, 0) is 12.1 Å². The average Bonchev–Trinajstić information content (AvgIpc) is 2.16. The van der Waals surface area contributed by atoms with Crippen LogP contribution in [-0.4, -0.2) is 29.7 Å². The predicted octanol–water partition coefficient (Wildman–Crippen LogP) is 0.169. The van der Waals surface area contributed by atoms with Gasteiger partial charge in [-0.1, -0.05) is 0 Å². The molecule has 0 amide bonds. The maximum absolute atomic E-state index is 10.2. The second-order valence-electron chi connectivity index (χ2n) is 2.54. The van der Waals surface area contributed by atoms with Gasteiger partial charge < -0.3 is 20.9 Å². The first-order valence-corrected chi connectivity index (χ1v) is 3.89. The first-order valence-electron chi connectivity index (χ1n) is 3.89. The van der Waals surface area contributed by atoms with E-state index in [1.807, 2.05) is 0 Å². The molecule has 76 valence electrons. The summed E-state index contributed by atoms with van der Waals surface area (Å²) in [4.78, 5) is 14.2. The van der Waals surface area contributed by atoms with Gasteiger partial charge in [0.1, 0.15) is 12.4 Å². The molecular weight excluding hydrogens is 186 g/mol. The van der Waals surface area contributed by atoms with Gasteiger partial charge >= 0.3 is 5.97 Å². The number of carbonyl (C=O) groups is 1. The molecule has 0 radical (unpaired) electrons. The molecule has 0 spiro atoms. The third-order valence-corrected chi connectivity index (χ3v) is 1.50. The second kappa shape index (κ2) is 4.31. The molecule has 0 aliphatic heterocycles. The van der Waals surface area contributed by atoms with E-state index >= 15 is 0 Å². The van der Waals surface area contributed by atoms with E-state index in [4.69, 9.17) is 15.6 Å². The van der Waals surface area contributed by atoms with E-state index in [0.717, 1.165) is 0 Å². The average molecular weight is 197 g/mol. The number of carboxylic acids is 1.